The molecule has 112 heavy (non-hydrogen) atoms. The summed E-state index contributed by atoms with van der Waals surface area (Å²) in [5.74, 6) is -6.09. The number of carbonyl (C=O) groups is 10. The highest BCUT2D eigenvalue weighted by Crippen LogP contribution is 2.33. The zero-order valence-corrected chi connectivity index (χ0v) is 65.9. The number of ether oxygens (including phenoxy) is 4. The molecule has 8 amide bonds. The molecular weight excluding hydrogens is 1470 g/mol. The molecule has 0 aliphatic carbocycles. The van der Waals surface area contributed by atoms with Gasteiger partial charge in [0.15, 0.2) is 11.5 Å². The van der Waals surface area contributed by atoms with Crippen LogP contribution < -0.4 is 41.4 Å². The maximum atomic E-state index is 13.9. The van der Waals surface area contributed by atoms with Gasteiger partial charge in [-0.1, -0.05) is 103 Å². The van der Waals surface area contributed by atoms with Gasteiger partial charge in [0.2, 0.25) is 24.6 Å². The lowest BCUT2D eigenvalue weighted by Gasteiger charge is -2.32. The number of nitrogens with one attached hydrogen (secondary N) is 6. The van der Waals surface area contributed by atoms with Crippen LogP contribution in [-0.4, -0.2) is 185 Å². The Morgan fingerprint density at radius 3 is 1.23 bits per heavy atom. The molecule has 2 saturated heterocycles. The van der Waals surface area contributed by atoms with Crippen molar-refractivity contribution in [3.8, 4) is 34.1 Å². The normalized spacial score (nSPS) is 14.2. The van der Waals surface area contributed by atoms with Gasteiger partial charge in [-0.3, -0.25) is 61.8 Å². The molecule has 0 unspecified atom stereocenters. The Hall–Kier alpha value is -10.3. The lowest BCUT2D eigenvalue weighted by atomic mass is 9.90. The fourth-order valence-corrected chi connectivity index (χ4v) is 13.7. The monoisotopic (exact) mass is 1570 g/mol. The molecule has 4 atom stereocenters. The molecule has 606 valence electrons. The van der Waals surface area contributed by atoms with Gasteiger partial charge in [0.25, 0.3) is 23.6 Å². The summed E-state index contributed by atoms with van der Waals surface area (Å²) in [5, 5.41) is 17.6. The number of rotatable bonds is 46. The molecule has 0 saturated carbocycles. The second-order valence-electron chi connectivity index (χ2n) is 26.8. The van der Waals surface area contributed by atoms with Crippen LogP contribution in [0.25, 0.3) is 22.6 Å². The van der Waals surface area contributed by atoms with Crippen molar-refractivity contribution < 1.29 is 99.0 Å². The SMILES string of the molecule is CCCCC[C@@H](C(=O)NCNC(=O)c1ccc(-c2ccc(C(=O)NCO[PH](=O)OCNC(=O)c3ccc(-c4ccc(C(=O)NCNC(=O)[C@H](CCCCC)[C@@H](CC)N(C=O)OC(=O)c5ccc(CN6CCOCC6)cc5C)o4)cc3OCC)c(OCC)c2)o1)[C@@H](CC)N(C=O)OC(=O)c1ccc(CN2CCOCC2)cc1C. The van der Waals surface area contributed by atoms with Crippen LogP contribution in [-0.2, 0) is 65.0 Å². The second-order valence-corrected chi connectivity index (χ2v) is 27.9. The van der Waals surface area contributed by atoms with Gasteiger partial charge in [0.05, 0.1) is 99.2 Å². The predicted molar refractivity (Wildman–Crippen MR) is 412 cm³/mol. The number of benzene rings is 4. The van der Waals surface area contributed by atoms with Crippen molar-refractivity contribution in [3.05, 3.63) is 153 Å². The molecule has 32 heteroatoms. The van der Waals surface area contributed by atoms with Gasteiger partial charge in [-0.25, -0.2) is 9.59 Å². The standard InChI is InChI=1S/C80H105N10O21P/c1-9-15-17-19-61(65(11-3)89(51-91)110-79(99)59-25-21-55(41-53(59)7)45-87-33-37-102-38-34-87)73(93)81-47-83-77(97)69-31-29-67(108-69)57-23-27-63(71(43-57)104-13-5)75(95)85-49-106-112(101)107-50-86-76(96)64-28-24-58(44-72(64)105-14-6)68-30-32-70(109-68)78(98)84-48-82-74(94)62(20-18-16-10-2)66(12-4)90(52-92)111-80(100)60-26-22-56(42-54(60)8)46-88-35-39-103-40-36-88/h21-32,41-44,51-52,61-62,65-66,112H,9-20,33-40,45-50H2,1-8H3,(H,81,93)(H,82,94)(H,83,97)(H,84,98)(H,85,95)(H,86,96)/t61-,62-,65-,66-/m1/s1. The molecule has 31 nitrogen and oxygen atoms in total. The average molecular weight is 1570 g/mol. The van der Waals surface area contributed by atoms with Gasteiger partial charge in [0, 0.05) is 50.4 Å². The third-order valence-electron chi connectivity index (χ3n) is 19.1. The van der Waals surface area contributed by atoms with E-state index in [-0.39, 0.29) is 96.2 Å². The van der Waals surface area contributed by atoms with Crippen LogP contribution in [0.1, 0.15) is 191 Å². The Morgan fingerprint density at radius 1 is 0.482 bits per heavy atom. The predicted octanol–water partition coefficient (Wildman–Crippen LogP) is 9.80. The first kappa shape index (κ1) is 87.3. The van der Waals surface area contributed by atoms with Crippen molar-refractivity contribution in [2.45, 2.75) is 145 Å². The number of carbonyl (C=O) groups excluding carboxylic acids is 10. The van der Waals surface area contributed by atoms with E-state index in [2.05, 4.69) is 41.7 Å². The molecule has 8 rings (SSSR count). The van der Waals surface area contributed by atoms with Gasteiger partial charge >= 0.3 is 20.2 Å². The van der Waals surface area contributed by atoms with E-state index in [0.29, 0.717) is 100 Å². The zero-order valence-electron chi connectivity index (χ0n) is 64.9. The molecule has 2 aliphatic heterocycles. The van der Waals surface area contributed by atoms with E-state index in [4.69, 9.17) is 46.5 Å². The van der Waals surface area contributed by atoms with Gasteiger partial charge in [0.1, 0.15) is 36.5 Å². The Kier molecular flexibility index (Phi) is 35.3. The summed E-state index contributed by atoms with van der Waals surface area (Å²) < 4.78 is 57.7. The van der Waals surface area contributed by atoms with Gasteiger partial charge in [-0.2, -0.15) is 10.1 Å². The van der Waals surface area contributed by atoms with Crippen molar-refractivity contribution in [3.63, 3.8) is 0 Å². The van der Waals surface area contributed by atoms with Crippen LogP contribution in [0.2, 0.25) is 0 Å². The zero-order chi connectivity index (χ0) is 80.5. The summed E-state index contributed by atoms with van der Waals surface area (Å²) in [4.78, 5) is 150. The second kappa shape index (κ2) is 45.3. The molecule has 2 aliphatic rings. The van der Waals surface area contributed by atoms with Crippen LogP contribution in [0.4, 0.5) is 0 Å². The molecular formula is C80H105N10O21P. The number of unbranched alkanes of at least 4 members (excludes halogenated alkanes) is 4. The van der Waals surface area contributed by atoms with E-state index in [0.717, 1.165) is 73.1 Å². The van der Waals surface area contributed by atoms with E-state index in [9.17, 15) is 52.5 Å². The molecule has 0 bridgehead atoms. The largest absolute Gasteiger partial charge is 0.493 e. The fraction of sp³-hybridized carbons (Fsp3) is 0.475. The number of hydrogen-bond donors (Lipinski definition) is 6. The van der Waals surface area contributed by atoms with E-state index >= 15 is 0 Å². The maximum Gasteiger partial charge on any atom is 0.363 e. The van der Waals surface area contributed by atoms with Crippen LogP contribution in [0, 0.1) is 25.7 Å². The maximum absolute atomic E-state index is 13.9. The van der Waals surface area contributed by atoms with Crippen molar-refractivity contribution in [2.75, 3.05) is 92.6 Å². The van der Waals surface area contributed by atoms with E-state index in [1.54, 1.807) is 77.9 Å². The summed E-state index contributed by atoms with van der Waals surface area (Å²) in [6.07, 6.45) is 6.77. The molecule has 4 heterocycles. The summed E-state index contributed by atoms with van der Waals surface area (Å²) in [6.45, 7) is 20.5. The molecule has 6 N–H and O–H groups in total. The van der Waals surface area contributed by atoms with E-state index in [1.807, 2.05) is 38.1 Å². The minimum Gasteiger partial charge on any atom is -0.493 e. The number of amides is 8. The quantitative estimate of drug-likeness (QED) is 0.00680. The summed E-state index contributed by atoms with van der Waals surface area (Å²) in [5.41, 5.74) is 5.00. The average Bonchev–Trinajstić information content (AvgIpc) is 1.33. The van der Waals surface area contributed by atoms with Crippen molar-refractivity contribution in [1.82, 2.24) is 51.8 Å². The molecule has 2 fully saturated rings. The Labute approximate surface area is 652 Å². The number of furan rings is 2. The summed E-state index contributed by atoms with van der Waals surface area (Å²) >= 11 is 0. The lowest BCUT2D eigenvalue weighted by Crippen LogP contribution is -2.49. The Balaban J connectivity index is 0.770. The van der Waals surface area contributed by atoms with Crippen LogP contribution in [0.15, 0.2) is 106 Å². The first-order valence-corrected chi connectivity index (χ1v) is 39.4. The molecule has 0 spiro atoms. The van der Waals surface area contributed by atoms with E-state index in [1.165, 1.54) is 36.4 Å². The van der Waals surface area contributed by atoms with Gasteiger partial charge in [-0.05, 0) is 136 Å². The van der Waals surface area contributed by atoms with E-state index < -0.39 is 93.0 Å². The molecule has 0 radical (unpaired) electrons. The highest BCUT2D eigenvalue weighted by Gasteiger charge is 2.36. The number of hydrogen-bond acceptors (Lipinski definition) is 23. The minimum absolute atomic E-state index is 0.0772. The summed E-state index contributed by atoms with van der Waals surface area (Å²) in [7, 11) is -3.30. The number of nitrogens with zero attached hydrogens (tertiary/aromatic N) is 4. The Bertz CT molecular complexity index is 3920. The number of hydroxylamine groups is 4. The van der Waals surface area contributed by atoms with Gasteiger partial charge in [-0.15, -0.1) is 0 Å². The molecule has 4 aromatic carbocycles. The smallest absolute Gasteiger partial charge is 0.363 e. The molecule has 6 aromatic rings. The summed E-state index contributed by atoms with van der Waals surface area (Å²) in [6, 6.07) is 24.3. The van der Waals surface area contributed by atoms with Crippen LogP contribution in [0.3, 0.4) is 0 Å². The topological polar surface area (TPSA) is 373 Å². The van der Waals surface area contributed by atoms with Gasteiger partial charge < -0.3 is 69.4 Å². The van der Waals surface area contributed by atoms with Crippen molar-refractivity contribution in [2.24, 2.45) is 11.8 Å². The highest BCUT2D eigenvalue weighted by atomic mass is 31.1. The first-order valence-electron chi connectivity index (χ1n) is 38.2. The van der Waals surface area contributed by atoms with Crippen molar-refractivity contribution >= 4 is 68.5 Å². The van der Waals surface area contributed by atoms with Crippen LogP contribution >= 0.6 is 8.25 Å². The first-order chi connectivity index (χ1) is 54.2. The molecule has 2 aromatic heterocycles. The van der Waals surface area contributed by atoms with Crippen LogP contribution in [0.5, 0.6) is 11.5 Å². The highest BCUT2D eigenvalue weighted by molar-refractivity contribution is 7.33. The van der Waals surface area contributed by atoms with Crippen molar-refractivity contribution in [1.29, 1.82) is 0 Å². The Morgan fingerprint density at radius 2 is 0.875 bits per heavy atom. The number of aryl methyl sites for hydroxylation is 2. The lowest BCUT2D eigenvalue weighted by molar-refractivity contribution is -0.171. The fourth-order valence-electron chi connectivity index (χ4n) is 13.2. The third-order valence-corrected chi connectivity index (χ3v) is 19.9. The number of morpholine rings is 2. The third kappa shape index (κ3) is 25.4. The minimum atomic E-state index is -3.30.